The summed E-state index contributed by atoms with van der Waals surface area (Å²) in [5.74, 6) is 0.0754. The zero-order chi connectivity index (χ0) is 24.1. The molecule has 0 saturated carbocycles. The van der Waals surface area contributed by atoms with Gasteiger partial charge in [-0.15, -0.1) is 0 Å². The molecular weight excluding hydrogens is 422 g/mol. The van der Waals surface area contributed by atoms with Gasteiger partial charge in [0.1, 0.15) is 5.75 Å². The summed E-state index contributed by atoms with van der Waals surface area (Å²) < 4.78 is 0. The molecule has 0 aliphatic heterocycles. The number of phenolic OH excluding ortho intramolecular Hbond substituents is 1. The summed E-state index contributed by atoms with van der Waals surface area (Å²) in [6.07, 6.45) is 0. The average molecular weight is 452 g/mol. The van der Waals surface area contributed by atoms with Crippen LogP contribution in [0, 0.1) is 6.92 Å². The maximum absolute atomic E-state index is 12.9. The normalized spacial score (nSPS) is 11.5. The highest BCUT2D eigenvalue weighted by atomic mass is 16.3. The molecule has 0 bridgehead atoms. The van der Waals surface area contributed by atoms with E-state index < -0.39 is 0 Å². The minimum absolute atomic E-state index is 0.122. The molecule has 1 unspecified atom stereocenters. The summed E-state index contributed by atoms with van der Waals surface area (Å²) in [7, 11) is 3.90. The van der Waals surface area contributed by atoms with Gasteiger partial charge in [-0.25, -0.2) is 0 Å². The molecule has 0 aliphatic rings. The van der Waals surface area contributed by atoms with Gasteiger partial charge >= 0.3 is 0 Å². The standard InChI is InChI=1S/C29H29N3O2/c1-20-12-15-24(30-29(34)23-10-7-11-25(18-23)32(2)3)19-27(20)31-28(21-8-5-4-6-9-21)22-13-16-26(33)17-14-22/h4-19,28,31,33H,1-3H3,(H,30,34). The van der Waals surface area contributed by atoms with E-state index in [0.29, 0.717) is 11.3 Å². The molecule has 172 valence electrons. The minimum Gasteiger partial charge on any atom is -0.508 e. The van der Waals surface area contributed by atoms with Crippen molar-refractivity contribution in [1.29, 1.82) is 0 Å². The van der Waals surface area contributed by atoms with E-state index in [-0.39, 0.29) is 17.7 Å². The van der Waals surface area contributed by atoms with Crippen molar-refractivity contribution in [3.63, 3.8) is 0 Å². The SMILES string of the molecule is Cc1ccc(NC(=O)c2cccc(N(C)C)c2)cc1NC(c1ccccc1)c1ccc(O)cc1. The Bertz CT molecular complexity index is 1270. The molecule has 5 nitrogen and oxygen atoms in total. The molecule has 4 aromatic carbocycles. The van der Waals surface area contributed by atoms with Gasteiger partial charge in [-0.1, -0.05) is 54.6 Å². The highest BCUT2D eigenvalue weighted by Crippen LogP contribution is 2.31. The van der Waals surface area contributed by atoms with Crippen molar-refractivity contribution in [2.75, 3.05) is 29.6 Å². The number of rotatable bonds is 7. The van der Waals surface area contributed by atoms with Gasteiger partial charge in [0.05, 0.1) is 6.04 Å². The zero-order valence-corrected chi connectivity index (χ0v) is 19.6. The molecule has 0 aliphatic carbocycles. The Balaban J connectivity index is 1.61. The van der Waals surface area contributed by atoms with E-state index >= 15 is 0 Å². The lowest BCUT2D eigenvalue weighted by Crippen LogP contribution is -2.15. The van der Waals surface area contributed by atoms with Crippen molar-refractivity contribution in [3.05, 3.63) is 119 Å². The van der Waals surface area contributed by atoms with Gasteiger partial charge in [0.15, 0.2) is 0 Å². The highest BCUT2D eigenvalue weighted by Gasteiger charge is 2.16. The summed E-state index contributed by atoms with van der Waals surface area (Å²) in [6, 6.07) is 30.6. The van der Waals surface area contributed by atoms with Crippen LogP contribution in [0.25, 0.3) is 0 Å². The number of hydrogen-bond donors (Lipinski definition) is 3. The van der Waals surface area contributed by atoms with E-state index in [1.807, 2.05) is 98.7 Å². The molecule has 3 N–H and O–H groups in total. The van der Waals surface area contributed by atoms with Gasteiger partial charge in [-0.2, -0.15) is 0 Å². The fraction of sp³-hybridized carbons (Fsp3) is 0.138. The fourth-order valence-corrected chi connectivity index (χ4v) is 3.81. The number of carbonyl (C=O) groups excluding carboxylic acids is 1. The molecule has 4 rings (SSSR count). The lowest BCUT2D eigenvalue weighted by Gasteiger charge is -2.23. The number of carbonyl (C=O) groups is 1. The van der Waals surface area contributed by atoms with Crippen LogP contribution in [0.1, 0.15) is 33.1 Å². The van der Waals surface area contributed by atoms with Gasteiger partial charge in [-0.3, -0.25) is 4.79 Å². The Kier molecular flexibility index (Phi) is 6.83. The third kappa shape index (κ3) is 5.38. The number of hydrogen-bond acceptors (Lipinski definition) is 4. The van der Waals surface area contributed by atoms with Crippen molar-refractivity contribution in [1.82, 2.24) is 0 Å². The molecule has 0 saturated heterocycles. The molecule has 4 aromatic rings. The third-order valence-electron chi connectivity index (χ3n) is 5.78. The van der Waals surface area contributed by atoms with Crippen LogP contribution in [0.15, 0.2) is 97.1 Å². The van der Waals surface area contributed by atoms with E-state index in [4.69, 9.17) is 0 Å². The molecule has 0 radical (unpaired) electrons. The fourth-order valence-electron chi connectivity index (χ4n) is 3.81. The van der Waals surface area contributed by atoms with Crippen LogP contribution in [0.5, 0.6) is 5.75 Å². The number of aromatic hydroxyl groups is 1. The first-order valence-corrected chi connectivity index (χ1v) is 11.2. The lowest BCUT2D eigenvalue weighted by molar-refractivity contribution is 0.102. The first kappa shape index (κ1) is 22.9. The molecule has 0 fully saturated rings. The molecule has 0 aromatic heterocycles. The molecular formula is C29H29N3O2. The maximum atomic E-state index is 12.9. The first-order valence-electron chi connectivity index (χ1n) is 11.2. The number of nitrogens with zero attached hydrogens (tertiary/aromatic N) is 1. The average Bonchev–Trinajstić information content (AvgIpc) is 2.85. The number of phenols is 1. The molecule has 5 heteroatoms. The van der Waals surface area contributed by atoms with E-state index in [2.05, 4.69) is 22.8 Å². The summed E-state index contributed by atoms with van der Waals surface area (Å²) in [5.41, 5.74) is 6.40. The first-order chi connectivity index (χ1) is 16.4. The van der Waals surface area contributed by atoms with E-state index in [1.165, 1.54) is 0 Å². The Morgan fingerprint density at radius 2 is 1.53 bits per heavy atom. The zero-order valence-electron chi connectivity index (χ0n) is 19.6. The molecule has 34 heavy (non-hydrogen) atoms. The van der Waals surface area contributed by atoms with Crippen molar-refractivity contribution >= 4 is 23.0 Å². The van der Waals surface area contributed by atoms with Crippen LogP contribution in [0.3, 0.4) is 0 Å². The largest absolute Gasteiger partial charge is 0.508 e. The van der Waals surface area contributed by atoms with Crippen LogP contribution >= 0.6 is 0 Å². The second-order valence-electron chi connectivity index (χ2n) is 8.51. The van der Waals surface area contributed by atoms with Gasteiger partial charge in [0.25, 0.3) is 5.91 Å². The van der Waals surface area contributed by atoms with Crippen LogP contribution in [-0.4, -0.2) is 25.1 Å². The van der Waals surface area contributed by atoms with E-state index in [0.717, 1.165) is 28.1 Å². The van der Waals surface area contributed by atoms with Gasteiger partial charge in [0.2, 0.25) is 0 Å². The van der Waals surface area contributed by atoms with Gasteiger partial charge in [0, 0.05) is 36.7 Å². The van der Waals surface area contributed by atoms with Gasteiger partial charge in [-0.05, 0) is 66.1 Å². The second kappa shape index (κ2) is 10.1. The van der Waals surface area contributed by atoms with Crippen molar-refractivity contribution in [3.8, 4) is 5.75 Å². The highest BCUT2D eigenvalue weighted by molar-refractivity contribution is 6.05. The quantitative estimate of drug-likeness (QED) is 0.312. The van der Waals surface area contributed by atoms with Crippen molar-refractivity contribution < 1.29 is 9.90 Å². The predicted molar refractivity (Wildman–Crippen MR) is 140 cm³/mol. The summed E-state index contributed by atoms with van der Waals surface area (Å²) in [5, 5.41) is 16.4. The second-order valence-corrected chi connectivity index (χ2v) is 8.51. The number of amides is 1. The summed E-state index contributed by atoms with van der Waals surface area (Å²) in [4.78, 5) is 14.9. The van der Waals surface area contributed by atoms with Crippen LogP contribution in [0.4, 0.5) is 17.1 Å². The van der Waals surface area contributed by atoms with Gasteiger partial charge < -0.3 is 20.6 Å². The van der Waals surface area contributed by atoms with Crippen molar-refractivity contribution in [2.45, 2.75) is 13.0 Å². The minimum atomic E-state index is -0.156. The topological polar surface area (TPSA) is 64.6 Å². The summed E-state index contributed by atoms with van der Waals surface area (Å²) in [6.45, 7) is 2.04. The number of aryl methyl sites for hydroxylation is 1. The summed E-state index contributed by atoms with van der Waals surface area (Å²) >= 11 is 0. The number of benzene rings is 4. The maximum Gasteiger partial charge on any atom is 0.255 e. The number of nitrogens with one attached hydrogen (secondary N) is 2. The van der Waals surface area contributed by atoms with Crippen LogP contribution in [-0.2, 0) is 0 Å². The smallest absolute Gasteiger partial charge is 0.255 e. The van der Waals surface area contributed by atoms with Crippen LogP contribution < -0.4 is 15.5 Å². The van der Waals surface area contributed by atoms with Crippen LogP contribution in [0.2, 0.25) is 0 Å². The Morgan fingerprint density at radius 3 is 2.24 bits per heavy atom. The molecule has 0 spiro atoms. The number of anilines is 3. The van der Waals surface area contributed by atoms with E-state index in [1.54, 1.807) is 12.1 Å². The Morgan fingerprint density at radius 1 is 0.824 bits per heavy atom. The monoisotopic (exact) mass is 451 g/mol. The molecule has 1 atom stereocenters. The van der Waals surface area contributed by atoms with Crippen molar-refractivity contribution in [2.24, 2.45) is 0 Å². The Labute approximate surface area is 200 Å². The van der Waals surface area contributed by atoms with E-state index in [9.17, 15) is 9.90 Å². The lowest BCUT2D eigenvalue weighted by atomic mass is 9.97. The Hall–Kier alpha value is -4.25. The molecule has 1 amide bonds. The molecule has 0 heterocycles. The predicted octanol–water partition coefficient (Wildman–Crippen LogP) is 6.22. The third-order valence-corrected chi connectivity index (χ3v) is 5.78.